The first-order valence-corrected chi connectivity index (χ1v) is 5.92. The molecule has 0 fully saturated rings. The van der Waals surface area contributed by atoms with Gasteiger partial charge >= 0.3 is 12.1 Å². The zero-order chi connectivity index (χ0) is 15.1. The molecule has 0 aliphatic heterocycles. The van der Waals surface area contributed by atoms with Crippen LogP contribution >= 0.6 is 0 Å². The largest absolute Gasteiger partial charge is 0.481 e. The lowest BCUT2D eigenvalue weighted by atomic mass is 9.86. The number of furan rings is 1. The first-order chi connectivity index (χ1) is 9.11. The van der Waals surface area contributed by atoms with Crippen molar-refractivity contribution in [2.75, 3.05) is 0 Å². The Morgan fingerprint density at radius 3 is 2.50 bits per heavy atom. The molecule has 0 unspecified atom stereocenters. The summed E-state index contributed by atoms with van der Waals surface area (Å²) in [6, 6.07) is 3.18. The molecule has 3 nitrogen and oxygen atoms in total. The van der Waals surface area contributed by atoms with Crippen molar-refractivity contribution in [1.29, 1.82) is 0 Å². The van der Waals surface area contributed by atoms with Crippen LogP contribution in [0, 0.1) is 5.41 Å². The summed E-state index contributed by atoms with van der Waals surface area (Å²) in [6.45, 7) is 3.03. The minimum Gasteiger partial charge on any atom is -0.481 e. The average molecular weight is 286 g/mol. The molecule has 2 aromatic rings. The van der Waals surface area contributed by atoms with Crippen molar-refractivity contribution in [1.82, 2.24) is 0 Å². The zero-order valence-corrected chi connectivity index (χ0v) is 10.9. The van der Waals surface area contributed by atoms with Gasteiger partial charge in [0, 0.05) is 5.39 Å². The molecule has 0 amide bonds. The molecule has 0 saturated carbocycles. The summed E-state index contributed by atoms with van der Waals surface area (Å²) in [7, 11) is 0. The Morgan fingerprint density at radius 1 is 1.30 bits per heavy atom. The summed E-state index contributed by atoms with van der Waals surface area (Å²) >= 11 is 0. The lowest BCUT2D eigenvalue weighted by Gasteiger charge is -2.18. The van der Waals surface area contributed by atoms with Gasteiger partial charge in [-0.15, -0.1) is 0 Å². The average Bonchev–Trinajstić information content (AvgIpc) is 2.70. The molecule has 1 aromatic carbocycles. The molecular weight excluding hydrogens is 273 g/mol. The van der Waals surface area contributed by atoms with Crippen LogP contribution in [-0.2, 0) is 17.4 Å². The molecule has 1 aromatic heterocycles. The molecule has 0 radical (unpaired) electrons. The summed E-state index contributed by atoms with van der Waals surface area (Å²) in [5.74, 6) is -1.01. The predicted molar refractivity (Wildman–Crippen MR) is 66.3 cm³/mol. The van der Waals surface area contributed by atoms with Gasteiger partial charge in [-0.25, -0.2) is 0 Å². The third-order valence-corrected chi connectivity index (χ3v) is 3.19. The number of hydrogen-bond acceptors (Lipinski definition) is 2. The topological polar surface area (TPSA) is 50.4 Å². The number of carbonyl (C=O) groups is 1. The Labute approximate surface area is 113 Å². The third-order valence-electron chi connectivity index (χ3n) is 3.19. The maximum absolute atomic E-state index is 12.7. The van der Waals surface area contributed by atoms with Crippen molar-refractivity contribution in [3.63, 3.8) is 0 Å². The highest BCUT2D eigenvalue weighted by atomic mass is 19.4. The van der Waals surface area contributed by atoms with E-state index in [0.29, 0.717) is 16.5 Å². The fourth-order valence-corrected chi connectivity index (χ4v) is 1.95. The highest BCUT2D eigenvalue weighted by molar-refractivity contribution is 5.83. The number of rotatable bonds is 3. The van der Waals surface area contributed by atoms with Crippen molar-refractivity contribution in [2.24, 2.45) is 5.41 Å². The predicted octanol–water partition coefficient (Wildman–Crippen LogP) is 4.10. The van der Waals surface area contributed by atoms with E-state index in [2.05, 4.69) is 0 Å². The minimum absolute atomic E-state index is 0.0939. The first kappa shape index (κ1) is 14.4. The lowest BCUT2D eigenvalue weighted by molar-refractivity contribution is -0.146. The molecule has 108 valence electrons. The molecule has 1 heterocycles. The SMILES string of the molecule is CC(C)(Cc1coc2ccc(C(F)(F)F)cc12)C(=O)O. The van der Waals surface area contributed by atoms with Crippen molar-refractivity contribution < 1.29 is 27.5 Å². The van der Waals surface area contributed by atoms with Crippen molar-refractivity contribution in [3.8, 4) is 0 Å². The molecule has 0 atom stereocenters. The Hall–Kier alpha value is -1.98. The van der Waals surface area contributed by atoms with Gasteiger partial charge in [-0.05, 0) is 44.0 Å². The van der Waals surface area contributed by atoms with Crippen molar-refractivity contribution in [2.45, 2.75) is 26.4 Å². The molecule has 6 heteroatoms. The van der Waals surface area contributed by atoms with Gasteiger partial charge in [-0.1, -0.05) is 0 Å². The van der Waals surface area contributed by atoms with Crippen LogP contribution in [0.15, 0.2) is 28.9 Å². The van der Waals surface area contributed by atoms with Crippen LogP contribution in [0.1, 0.15) is 25.0 Å². The number of fused-ring (bicyclic) bond motifs is 1. The minimum atomic E-state index is -4.44. The second-order valence-corrected chi connectivity index (χ2v) is 5.34. The van der Waals surface area contributed by atoms with Gasteiger partial charge in [0.25, 0.3) is 0 Å². The number of carboxylic acids is 1. The van der Waals surface area contributed by atoms with Gasteiger partial charge < -0.3 is 9.52 Å². The maximum atomic E-state index is 12.7. The Balaban J connectivity index is 2.48. The molecule has 0 aliphatic carbocycles. The van der Waals surface area contributed by atoms with E-state index in [1.807, 2.05) is 0 Å². The van der Waals surface area contributed by atoms with Gasteiger partial charge in [0.05, 0.1) is 17.2 Å². The first-order valence-electron chi connectivity index (χ1n) is 5.92. The van der Waals surface area contributed by atoms with E-state index in [1.165, 1.54) is 26.2 Å². The lowest BCUT2D eigenvalue weighted by Crippen LogP contribution is -2.26. The monoisotopic (exact) mass is 286 g/mol. The normalized spacial score (nSPS) is 12.8. The molecule has 2 rings (SSSR count). The molecule has 0 aliphatic rings. The summed E-state index contributed by atoms with van der Waals surface area (Å²) < 4.78 is 43.3. The van der Waals surface area contributed by atoms with Gasteiger partial charge in [-0.3, -0.25) is 4.79 Å². The summed E-state index contributed by atoms with van der Waals surface area (Å²) in [5, 5.41) is 9.39. The zero-order valence-electron chi connectivity index (χ0n) is 10.9. The van der Waals surface area contributed by atoms with Crippen LogP contribution in [0.3, 0.4) is 0 Å². The van der Waals surface area contributed by atoms with Gasteiger partial charge in [0.2, 0.25) is 0 Å². The van der Waals surface area contributed by atoms with E-state index in [-0.39, 0.29) is 6.42 Å². The van der Waals surface area contributed by atoms with E-state index in [9.17, 15) is 18.0 Å². The summed E-state index contributed by atoms with van der Waals surface area (Å²) in [5.41, 5.74) is -1.08. The number of halogens is 3. The van der Waals surface area contributed by atoms with Crippen LogP contribution in [0.2, 0.25) is 0 Å². The Bertz CT molecular complexity index is 653. The third kappa shape index (κ3) is 2.64. The summed E-state index contributed by atoms with van der Waals surface area (Å²) in [4.78, 5) is 11.1. The van der Waals surface area contributed by atoms with Crippen LogP contribution in [0.4, 0.5) is 13.2 Å². The highest BCUT2D eigenvalue weighted by Gasteiger charge is 2.32. The van der Waals surface area contributed by atoms with Crippen molar-refractivity contribution >= 4 is 16.9 Å². The molecule has 0 saturated heterocycles. The smallest absolute Gasteiger partial charge is 0.416 e. The van der Waals surface area contributed by atoms with Crippen LogP contribution in [0.25, 0.3) is 11.0 Å². The number of aliphatic carboxylic acids is 1. The van der Waals surface area contributed by atoms with Crippen LogP contribution in [0.5, 0.6) is 0 Å². The quantitative estimate of drug-likeness (QED) is 0.924. The Morgan fingerprint density at radius 2 is 1.95 bits per heavy atom. The summed E-state index contributed by atoms with van der Waals surface area (Å²) in [6.07, 6.45) is -3.03. The molecule has 0 spiro atoms. The molecular formula is C14H13F3O3. The molecule has 20 heavy (non-hydrogen) atoms. The Kier molecular flexibility index (Phi) is 3.28. The van der Waals surface area contributed by atoms with Gasteiger partial charge in [-0.2, -0.15) is 13.2 Å². The second kappa shape index (κ2) is 4.54. The number of hydrogen-bond donors (Lipinski definition) is 1. The second-order valence-electron chi connectivity index (χ2n) is 5.34. The van der Waals surface area contributed by atoms with E-state index >= 15 is 0 Å². The van der Waals surface area contributed by atoms with E-state index in [4.69, 9.17) is 9.52 Å². The van der Waals surface area contributed by atoms with E-state index in [0.717, 1.165) is 12.1 Å². The standard InChI is InChI=1S/C14H13F3O3/c1-13(2,12(18)19)6-8-7-20-11-4-3-9(5-10(8)11)14(15,16)17/h3-5,7H,6H2,1-2H3,(H,18,19). The van der Waals surface area contributed by atoms with Crippen molar-refractivity contribution in [3.05, 3.63) is 35.6 Å². The number of benzene rings is 1. The van der Waals surface area contributed by atoms with Crippen LogP contribution < -0.4 is 0 Å². The maximum Gasteiger partial charge on any atom is 0.416 e. The molecule has 0 bridgehead atoms. The fraction of sp³-hybridized carbons (Fsp3) is 0.357. The van der Waals surface area contributed by atoms with E-state index in [1.54, 1.807) is 0 Å². The van der Waals surface area contributed by atoms with E-state index < -0.39 is 23.1 Å². The number of alkyl halides is 3. The van der Waals surface area contributed by atoms with Gasteiger partial charge in [0.15, 0.2) is 0 Å². The van der Waals surface area contributed by atoms with Gasteiger partial charge in [0.1, 0.15) is 5.58 Å². The number of carboxylic acid groups (broad SMARTS) is 1. The van der Waals surface area contributed by atoms with Crippen LogP contribution in [-0.4, -0.2) is 11.1 Å². The highest BCUT2D eigenvalue weighted by Crippen LogP contribution is 2.34. The molecule has 1 N–H and O–H groups in total. The fourth-order valence-electron chi connectivity index (χ4n) is 1.95.